The van der Waals surface area contributed by atoms with Gasteiger partial charge in [0.2, 0.25) is 0 Å². The number of fused-ring (bicyclic) bond motifs is 1. The lowest BCUT2D eigenvalue weighted by Crippen LogP contribution is -2.23. The first-order valence-corrected chi connectivity index (χ1v) is 7.01. The van der Waals surface area contributed by atoms with Crippen molar-refractivity contribution < 1.29 is 0 Å². The van der Waals surface area contributed by atoms with Gasteiger partial charge >= 0.3 is 0 Å². The van der Waals surface area contributed by atoms with E-state index >= 15 is 0 Å². The Morgan fingerprint density at radius 2 is 2.15 bits per heavy atom. The number of hydrogen-bond acceptors (Lipinski definition) is 3. The predicted octanol–water partition coefficient (Wildman–Crippen LogP) is 2.61. The molecule has 2 atom stereocenters. The summed E-state index contributed by atoms with van der Waals surface area (Å²) in [7, 11) is 2.06. The van der Waals surface area contributed by atoms with E-state index in [1.807, 2.05) is 30.3 Å². The number of nitrogens with two attached hydrogens (primary N) is 1. The average molecular weight is 268 g/mol. The maximum absolute atomic E-state index is 7.77. The highest BCUT2D eigenvalue weighted by atomic mass is 15.2. The quantitative estimate of drug-likeness (QED) is 0.661. The number of hydrogen-bond donors (Lipinski definition) is 2. The third-order valence-corrected chi connectivity index (χ3v) is 4.17. The van der Waals surface area contributed by atoms with Gasteiger partial charge in [0, 0.05) is 24.5 Å². The lowest BCUT2D eigenvalue weighted by Gasteiger charge is -2.20. The van der Waals surface area contributed by atoms with Gasteiger partial charge in [-0.05, 0) is 30.4 Å². The fourth-order valence-corrected chi connectivity index (χ4v) is 2.68. The molecule has 4 nitrogen and oxygen atoms in total. The van der Waals surface area contributed by atoms with Gasteiger partial charge < -0.3 is 10.6 Å². The van der Waals surface area contributed by atoms with Gasteiger partial charge in [-0.15, -0.1) is 0 Å². The van der Waals surface area contributed by atoms with Crippen molar-refractivity contribution in [1.82, 2.24) is 4.98 Å². The van der Waals surface area contributed by atoms with Crippen molar-refractivity contribution in [3.05, 3.63) is 35.9 Å². The lowest BCUT2D eigenvalue weighted by molar-refractivity contribution is 0.720. The number of aromatic nitrogens is 1. The molecule has 1 aromatic carbocycles. The second kappa shape index (κ2) is 4.78. The zero-order valence-corrected chi connectivity index (χ0v) is 11.9. The molecule has 0 radical (unpaired) electrons. The van der Waals surface area contributed by atoms with Crippen LogP contribution >= 0.6 is 0 Å². The van der Waals surface area contributed by atoms with E-state index in [1.54, 1.807) is 0 Å². The Morgan fingerprint density at radius 1 is 1.45 bits per heavy atom. The zero-order valence-electron chi connectivity index (χ0n) is 11.9. The van der Waals surface area contributed by atoms with E-state index in [1.165, 1.54) is 6.42 Å². The molecule has 0 saturated heterocycles. The highest BCUT2D eigenvalue weighted by Gasteiger charge is 2.33. The number of pyridine rings is 1. The minimum Gasteiger partial charge on any atom is -0.384 e. The minimum absolute atomic E-state index is 0.0954. The van der Waals surface area contributed by atoms with Gasteiger partial charge in [-0.2, -0.15) is 0 Å². The van der Waals surface area contributed by atoms with Crippen LogP contribution in [0.5, 0.6) is 0 Å². The largest absolute Gasteiger partial charge is 0.384 e. The zero-order chi connectivity index (χ0) is 14.3. The number of amidine groups is 1. The first kappa shape index (κ1) is 12.9. The molecule has 2 unspecified atom stereocenters. The molecule has 2 aromatic rings. The molecular formula is C16H20N4. The fourth-order valence-electron chi connectivity index (χ4n) is 2.68. The number of anilines is 1. The molecule has 1 fully saturated rings. The predicted molar refractivity (Wildman–Crippen MR) is 83.3 cm³/mol. The van der Waals surface area contributed by atoms with E-state index in [2.05, 4.69) is 18.9 Å². The molecule has 0 spiro atoms. The molecule has 0 bridgehead atoms. The van der Waals surface area contributed by atoms with Gasteiger partial charge in [0.05, 0.1) is 5.52 Å². The van der Waals surface area contributed by atoms with Crippen LogP contribution in [-0.2, 0) is 0 Å². The van der Waals surface area contributed by atoms with Crippen molar-refractivity contribution in [1.29, 1.82) is 5.41 Å². The summed E-state index contributed by atoms with van der Waals surface area (Å²) in [5.74, 6) is 2.59. The Kier molecular flexibility index (Phi) is 3.08. The molecular weight excluding hydrogens is 248 g/mol. The fraction of sp³-hybridized carbons (Fsp3) is 0.375. The Bertz CT molecular complexity index is 665. The summed E-state index contributed by atoms with van der Waals surface area (Å²) < 4.78 is 0. The van der Waals surface area contributed by atoms with Crippen LogP contribution in [-0.4, -0.2) is 24.4 Å². The molecule has 3 N–H and O–H groups in total. The van der Waals surface area contributed by atoms with E-state index in [-0.39, 0.29) is 5.84 Å². The Morgan fingerprint density at radius 3 is 2.80 bits per heavy atom. The summed E-state index contributed by atoms with van der Waals surface area (Å²) >= 11 is 0. The van der Waals surface area contributed by atoms with Crippen molar-refractivity contribution in [2.75, 3.05) is 18.5 Å². The Hall–Kier alpha value is -2.10. The Balaban J connectivity index is 2.00. The highest BCUT2D eigenvalue weighted by molar-refractivity contribution is 6.07. The summed E-state index contributed by atoms with van der Waals surface area (Å²) in [5.41, 5.74) is 7.38. The van der Waals surface area contributed by atoms with E-state index in [9.17, 15) is 0 Å². The Labute approximate surface area is 119 Å². The standard InChI is InChI=1S/C16H20N4/c1-10-7-11(10)9-20(2)15-8-13(16(17)18)12-5-3-4-6-14(12)19-15/h3-6,8,10-11H,7,9H2,1-2H3,(H3,17,18). The van der Waals surface area contributed by atoms with Crippen molar-refractivity contribution >= 4 is 22.6 Å². The topological polar surface area (TPSA) is 66.0 Å². The summed E-state index contributed by atoms with van der Waals surface area (Å²) in [6.45, 7) is 3.30. The van der Waals surface area contributed by atoms with Crippen LogP contribution in [0.25, 0.3) is 10.9 Å². The molecule has 4 heteroatoms. The molecule has 1 heterocycles. The van der Waals surface area contributed by atoms with Crippen LogP contribution in [0.4, 0.5) is 5.82 Å². The number of para-hydroxylation sites is 1. The van der Waals surface area contributed by atoms with Gasteiger partial charge in [-0.25, -0.2) is 4.98 Å². The number of nitrogen functional groups attached to an aromatic ring is 1. The van der Waals surface area contributed by atoms with Crippen LogP contribution in [0.1, 0.15) is 18.9 Å². The van der Waals surface area contributed by atoms with Gasteiger partial charge in [0.1, 0.15) is 11.7 Å². The molecule has 3 rings (SSSR count). The second-order valence-electron chi connectivity index (χ2n) is 5.81. The van der Waals surface area contributed by atoms with Crippen molar-refractivity contribution in [2.45, 2.75) is 13.3 Å². The number of nitrogens with one attached hydrogen (secondary N) is 1. The summed E-state index contributed by atoms with van der Waals surface area (Å²) in [4.78, 5) is 6.87. The first-order valence-electron chi connectivity index (χ1n) is 7.01. The molecule has 104 valence electrons. The van der Waals surface area contributed by atoms with Crippen molar-refractivity contribution in [3.63, 3.8) is 0 Å². The van der Waals surface area contributed by atoms with Gasteiger partial charge in [0.25, 0.3) is 0 Å². The third kappa shape index (κ3) is 2.33. The number of benzene rings is 1. The van der Waals surface area contributed by atoms with E-state index in [0.29, 0.717) is 0 Å². The maximum atomic E-state index is 7.77. The van der Waals surface area contributed by atoms with Crippen molar-refractivity contribution in [3.8, 4) is 0 Å². The normalized spacial score (nSPS) is 20.9. The van der Waals surface area contributed by atoms with Crippen LogP contribution < -0.4 is 10.6 Å². The second-order valence-corrected chi connectivity index (χ2v) is 5.81. The summed E-state index contributed by atoms with van der Waals surface area (Å²) in [5, 5.41) is 8.71. The highest BCUT2D eigenvalue weighted by Crippen LogP contribution is 2.38. The molecule has 1 saturated carbocycles. The SMILES string of the molecule is CC1CC1CN(C)c1cc(C(=N)N)c2ccccc2n1. The average Bonchev–Trinajstić information content (AvgIpc) is 3.12. The molecule has 1 aliphatic carbocycles. The third-order valence-electron chi connectivity index (χ3n) is 4.17. The van der Waals surface area contributed by atoms with Gasteiger partial charge in [-0.3, -0.25) is 5.41 Å². The molecule has 0 amide bonds. The van der Waals surface area contributed by atoms with Crippen LogP contribution in [0.2, 0.25) is 0 Å². The first-order chi connectivity index (χ1) is 9.56. The molecule has 1 aromatic heterocycles. The number of nitrogens with zero attached hydrogens (tertiary/aromatic N) is 2. The smallest absolute Gasteiger partial charge is 0.129 e. The van der Waals surface area contributed by atoms with E-state index in [4.69, 9.17) is 16.1 Å². The number of rotatable bonds is 4. The maximum Gasteiger partial charge on any atom is 0.129 e. The van der Waals surface area contributed by atoms with Crippen LogP contribution in [0.15, 0.2) is 30.3 Å². The van der Waals surface area contributed by atoms with E-state index in [0.717, 1.165) is 40.7 Å². The monoisotopic (exact) mass is 268 g/mol. The molecule has 0 aliphatic heterocycles. The summed E-state index contributed by atoms with van der Waals surface area (Å²) in [6, 6.07) is 9.78. The van der Waals surface area contributed by atoms with E-state index < -0.39 is 0 Å². The molecule has 20 heavy (non-hydrogen) atoms. The van der Waals surface area contributed by atoms with Gasteiger partial charge in [-0.1, -0.05) is 25.1 Å². The minimum atomic E-state index is 0.0954. The molecule has 1 aliphatic rings. The van der Waals surface area contributed by atoms with Crippen LogP contribution in [0, 0.1) is 17.2 Å². The summed E-state index contributed by atoms with van der Waals surface area (Å²) in [6.07, 6.45) is 1.30. The van der Waals surface area contributed by atoms with Crippen molar-refractivity contribution in [2.24, 2.45) is 17.6 Å². The van der Waals surface area contributed by atoms with Crippen LogP contribution in [0.3, 0.4) is 0 Å². The van der Waals surface area contributed by atoms with Gasteiger partial charge in [0.15, 0.2) is 0 Å². The lowest BCUT2D eigenvalue weighted by atomic mass is 10.1.